The van der Waals surface area contributed by atoms with E-state index in [9.17, 15) is 14.7 Å². The van der Waals surface area contributed by atoms with E-state index in [1.165, 1.54) is 5.57 Å². The van der Waals surface area contributed by atoms with Crippen LogP contribution in [0, 0.1) is 0 Å². The van der Waals surface area contributed by atoms with Gasteiger partial charge in [-0.25, -0.2) is 0 Å². The summed E-state index contributed by atoms with van der Waals surface area (Å²) in [5, 5.41) is 15.5. The second kappa shape index (κ2) is 8.09. The average Bonchev–Trinajstić information content (AvgIpc) is 3.08. The zero-order valence-electron chi connectivity index (χ0n) is 16.4. The fraction of sp³-hybridized carbons (Fsp3) is 0.304. The van der Waals surface area contributed by atoms with Crippen LogP contribution in [0.5, 0.6) is 0 Å². The van der Waals surface area contributed by atoms with Gasteiger partial charge in [0.05, 0.1) is 18.5 Å². The van der Waals surface area contributed by atoms with Gasteiger partial charge in [0.25, 0.3) is 5.91 Å². The highest BCUT2D eigenvalue weighted by molar-refractivity contribution is 5.94. The molecule has 0 fully saturated rings. The molecule has 0 spiro atoms. The molecule has 3 N–H and O–H groups in total. The summed E-state index contributed by atoms with van der Waals surface area (Å²) in [6.45, 7) is 1.15. The maximum Gasteiger partial charge on any atom is 0.251 e. The zero-order chi connectivity index (χ0) is 20.4. The molecule has 29 heavy (non-hydrogen) atoms. The summed E-state index contributed by atoms with van der Waals surface area (Å²) in [7, 11) is 1.62. The Bertz CT molecular complexity index is 938. The van der Waals surface area contributed by atoms with E-state index in [-0.39, 0.29) is 30.4 Å². The number of hydrogen-bond acceptors (Lipinski definition) is 4. The third kappa shape index (κ3) is 3.63. The highest BCUT2D eigenvalue weighted by atomic mass is 16.3. The predicted octanol–water partition coefficient (Wildman–Crippen LogP) is 1.95. The summed E-state index contributed by atoms with van der Waals surface area (Å²) in [6.07, 6.45) is 0.418. The second-order valence-electron chi connectivity index (χ2n) is 7.45. The van der Waals surface area contributed by atoms with E-state index in [4.69, 9.17) is 0 Å². The first-order chi connectivity index (χ1) is 14.1. The van der Waals surface area contributed by atoms with Gasteiger partial charge in [-0.2, -0.15) is 0 Å². The van der Waals surface area contributed by atoms with Crippen LogP contribution in [0.2, 0.25) is 0 Å². The molecule has 0 saturated heterocycles. The standard InChI is InChI=1S/C23H25N3O3/c1-24-22(28)17-9-7-16(8-10-17)21-19-13-26(14-20(19)25-21)23(29)18(11-12-27)15-5-3-2-4-6-15/h2-10,18,21,25,27H,11-14H2,1H3,(H,24,28). The van der Waals surface area contributed by atoms with Crippen molar-refractivity contribution in [2.75, 3.05) is 26.7 Å². The van der Waals surface area contributed by atoms with E-state index < -0.39 is 0 Å². The molecule has 0 radical (unpaired) electrons. The Hall–Kier alpha value is -3.12. The number of amides is 2. The number of rotatable bonds is 6. The van der Waals surface area contributed by atoms with Crippen molar-refractivity contribution < 1.29 is 14.7 Å². The topological polar surface area (TPSA) is 81.7 Å². The highest BCUT2D eigenvalue weighted by Crippen LogP contribution is 2.39. The number of aliphatic hydroxyl groups excluding tert-OH is 1. The van der Waals surface area contributed by atoms with Gasteiger partial charge in [-0.15, -0.1) is 0 Å². The molecule has 0 saturated carbocycles. The van der Waals surface area contributed by atoms with Crippen molar-refractivity contribution in [1.82, 2.24) is 15.5 Å². The van der Waals surface area contributed by atoms with Gasteiger partial charge in [-0.05, 0) is 35.3 Å². The quantitative estimate of drug-likeness (QED) is 0.703. The fourth-order valence-electron chi connectivity index (χ4n) is 4.12. The molecule has 2 atom stereocenters. The van der Waals surface area contributed by atoms with Crippen LogP contribution < -0.4 is 10.6 Å². The Balaban J connectivity index is 1.45. The minimum Gasteiger partial charge on any atom is -0.396 e. The molecular formula is C23H25N3O3. The number of aliphatic hydroxyl groups is 1. The molecule has 2 aliphatic heterocycles. The molecule has 2 aliphatic rings. The van der Waals surface area contributed by atoms with Gasteiger partial charge >= 0.3 is 0 Å². The van der Waals surface area contributed by atoms with Gasteiger partial charge in [0.15, 0.2) is 0 Å². The first-order valence-corrected chi connectivity index (χ1v) is 9.87. The van der Waals surface area contributed by atoms with E-state index in [2.05, 4.69) is 10.6 Å². The van der Waals surface area contributed by atoms with Gasteiger partial charge in [0.1, 0.15) is 0 Å². The number of nitrogens with one attached hydrogen (secondary N) is 2. The largest absolute Gasteiger partial charge is 0.396 e. The Morgan fingerprint density at radius 2 is 1.86 bits per heavy atom. The summed E-state index contributed by atoms with van der Waals surface area (Å²) in [6, 6.07) is 17.3. The first-order valence-electron chi connectivity index (χ1n) is 9.87. The smallest absolute Gasteiger partial charge is 0.251 e. The molecule has 4 rings (SSSR count). The summed E-state index contributed by atoms with van der Waals surface area (Å²) in [5.74, 6) is -0.383. The Kier molecular flexibility index (Phi) is 5.36. The van der Waals surface area contributed by atoms with Crippen LogP contribution in [0.15, 0.2) is 65.9 Å². The molecule has 2 amide bonds. The van der Waals surface area contributed by atoms with E-state index in [0.717, 1.165) is 16.8 Å². The molecule has 2 unspecified atom stereocenters. The molecule has 0 aromatic heterocycles. The lowest BCUT2D eigenvalue weighted by atomic mass is 9.91. The van der Waals surface area contributed by atoms with Gasteiger partial charge in [-0.1, -0.05) is 42.5 Å². The minimum atomic E-state index is -0.329. The van der Waals surface area contributed by atoms with Crippen LogP contribution in [0.4, 0.5) is 0 Å². The number of hydrogen-bond donors (Lipinski definition) is 3. The molecular weight excluding hydrogens is 366 g/mol. The lowest BCUT2D eigenvalue weighted by Gasteiger charge is -2.31. The molecule has 6 heteroatoms. The Morgan fingerprint density at radius 3 is 2.52 bits per heavy atom. The van der Waals surface area contributed by atoms with Crippen molar-refractivity contribution in [2.24, 2.45) is 0 Å². The van der Waals surface area contributed by atoms with Crippen LogP contribution in [0.3, 0.4) is 0 Å². The van der Waals surface area contributed by atoms with Gasteiger partial charge < -0.3 is 20.6 Å². The average molecular weight is 391 g/mol. The van der Waals surface area contributed by atoms with Crippen molar-refractivity contribution in [3.05, 3.63) is 82.6 Å². The summed E-state index contributed by atoms with van der Waals surface area (Å²) < 4.78 is 0. The predicted molar refractivity (Wildman–Crippen MR) is 110 cm³/mol. The van der Waals surface area contributed by atoms with Gasteiger partial charge in [0.2, 0.25) is 5.91 Å². The Morgan fingerprint density at radius 1 is 1.14 bits per heavy atom. The number of carbonyl (C=O) groups excluding carboxylic acids is 2. The molecule has 0 bridgehead atoms. The van der Waals surface area contributed by atoms with Crippen molar-refractivity contribution >= 4 is 11.8 Å². The van der Waals surface area contributed by atoms with Crippen LogP contribution in [0.1, 0.15) is 39.9 Å². The normalized spacial score (nSPS) is 18.6. The maximum atomic E-state index is 13.2. The Labute approximate surface area is 170 Å². The number of nitrogens with zero attached hydrogens (tertiary/aromatic N) is 1. The van der Waals surface area contributed by atoms with Gasteiger partial charge in [0, 0.05) is 31.5 Å². The first kappa shape index (κ1) is 19.2. The van der Waals surface area contributed by atoms with E-state index in [1.807, 2.05) is 59.5 Å². The minimum absolute atomic E-state index is 0.0230. The molecule has 2 aromatic rings. The highest BCUT2D eigenvalue weighted by Gasteiger charge is 2.40. The number of benzene rings is 2. The van der Waals surface area contributed by atoms with Crippen LogP contribution in [-0.2, 0) is 4.79 Å². The molecule has 150 valence electrons. The van der Waals surface area contributed by atoms with Gasteiger partial charge in [-0.3, -0.25) is 9.59 Å². The zero-order valence-corrected chi connectivity index (χ0v) is 16.4. The van der Waals surface area contributed by atoms with Crippen LogP contribution in [-0.4, -0.2) is 48.6 Å². The van der Waals surface area contributed by atoms with Crippen molar-refractivity contribution in [3.8, 4) is 0 Å². The van der Waals surface area contributed by atoms with Crippen LogP contribution >= 0.6 is 0 Å². The third-order valence-corrected chi connectivity index (χ3v) is 5.73. The lowest BCUT2D eigenvalue weighted by Crippen LogP contribution is -2.34. The van der Waals surface area contributed by atoms with Crippen LogP contribution in [0.25, 0.3) is 0 Å². The van der Waals surface area contributed by atoms with E-state index >= 15 is 0 Å². The second-order valence-corrected chi connectivity index (χ2v) is 7.45. The maximum absolute atomic E-state index is 13.2. The molecule has 6 nitrogen and oxygen atoms in total. The van der Waals surface area contributed by atoms with Crippen molar-refractivity contribution in [3.63, 3.8) is 0 Å². The van der Waals surface area contributed by atoms with Crippen molar-refractivity contribution in [2.45, 2.75) is 18.4 Å². The van der Waals surface area contributed by atoms with Crippen molar-refractivity contribution in [1.29, 1.82) is 0 Å². The summed E-state index contributed by atoms with van der Waals surface area (Å²) in [4.78, 5) is 26.7. The number of carbonyl (C=O) groups is 2. The summed E-state index contributed by atoms with van der Waals surface area (Å²) >= 11 is 0. The molecule has 0 aliphatic carbocycles. The van der Waals surface area contributed by atoms with E-state index in [0.29, 0.717) is 25.1 Å². The lowest BCUT2D eigenvalue weighted by molar-refractivity contribution is -0.132. The summed E-state index contributed by atoms with van der Waals surface area (Å²) in [5.41, 5.74) is 4.98. The monoisotopic (exact) mass is 391 g/mol. The molecule has 2 heterocycles. The molecule has 2 aromatic carbocycles. The SMILES string of the molecule is CNC(=O)c1ccc(C2NC3=C2CN(C(=O)C(CCO)c2ccccc2)C3)cc1. The van der Waals surface area contributed by atoms with E-state index in [1.54, 1.807) is 7.05 Å². The fourth-order valence-corrected chi connectivity index (χ4v) is 4.12. The third-order valence-electron chi connectivity index (χ3n) is 5.73.